The van der Waals surface area contributed by atoms with Crippen LogP contribution in [0.15, 0.2) is 29.6 Å². The van der Waals surface area contributed by atoms with Gasteiger partial charge in [0.1, 0.15) is 0 Å². The third-order valence-corrected chi connectivity index (χ3v) is 7.10. The summed E-state index contributed by atoms with van der Waals surface area (Å²) in [5, 5.41) is 15.1. The predicted molar refractivity (Wildman–Crippen MR) is 115 cm³/mol. The van der Waals surface area contributed by atoms with Crippen molar-refractivity contribution >= 4 is 23.2 Å². The third kappa shape index (κ3) is 4.71. The van der Waals surface area contributed by atoms with Crippen LogP contribution < -0.4 is 5.32 Å². The largest absolute Gasteiger partial charge is 0.355 e. The highest BCUT2D eigenvalue weighted by Crippen LogP contribution is 2.30. The van der Waals surface area contributed by atoms with Crippen LogP contribution in [0.4, 0.5) is 0 Å². The van der Waals surface area contributed by atoms with E-state index in [1.54, 1.807) is 35.6 Å². The van der Waals surface area contributed by atoms with Gasteiger partial charge in [-0.2, -0.15) is 5.26 Å². The number of benzene rings is 1. The van der Waals surface area contributed by atoms with E-state index in [1.807, 2.05) is 4.90 Å². The molecular formula is C23H26N4O2S. The Morgan fingerprint density at radius 2 is 2.00 bits per heavy atom. The standard InChI is InChI=1S/C23H26N4O2S/c24-13-16-6-8-18(9-7-16)23(29)27-12-2-5-19(14-27)22-26-20(15-30-22)10-11-25-21(28)17-3-1-4-17/h6-9,15,17,19H,1-5,10-12,14H2,(H,25,28)/t19-/m0/s1. The molecule has 30 heavy (non-hydrogen) atoms. The Balaban J connectivity index is 1.31. The van der Waals surface area contributed by atoms with Gasteiger partial charge in [0.15, 0.2) is 0 Å². The fourth-order valence-corrected chi connectivity index (χ4v) is 4.97. The Kier molecular flexibility index (Phi) is 6.44. The molecule has 2 fully saturated rings. The lowest BCUT2D eigenvalue weighted by Gasteiger charge is -2.32. The maximum Gasteiger partial charge on any atom is 0.253 e. The molecule has 0 bridgehead atoms. The Labute approximate surface area is 180 Å². The highest BCUT2D eigenvalue weighted by molar-refractivity contribution is 7.09. The van der Waals surface area contributed by atoms with Gasteiger partial charge in [0.25, 0.3) is 5.91 Å². The Morgan fingerprint density at radius 3 is 2.70 bits per heavy atom. The summed E-state index contributed by atoms with van der Waals surface area (Å²) in [4.78, 5) is 31.5. The first kappa shape index (κ1) is 20.5. The molecule has 156 valence electrons. The maximum atomic E-state index is 12.9. The normalized spacial score (nSPS) is 19.0. The van der Waals surface area contributed by atoms with Crippen molar-refractivity contribution < 1.29 is 9.59 Å². The van der Waals surface area contributed by atoms with E-state index in [9.17, 15) is 9.59 Å². The molecule has 2 amide bonds. The van der Waals surface area contributed by atoms with Crippen LogP contribution in [-0.2, 0) is 11.2 Å². The van der Waals surface area contributed by atoms with Gasteiger partial charge in [0.2, 0.25) is 5.91 Å². The van der Waals surface area contributed by atoms with Gasteiger partial charge in [0, 0.05) is 48.8 Å². The van der Waals surface area contributed by atoms with E-state index < -0.39 is 0 Å². The number of carbonyl (C=O) groups is 2. The van der Waals surface area contributed by atoms with Gasteiger partial charge in [-0.3, -0.25) is 9.59 Å². The van der Waals surface area contributed by atoms with Gasteiger partial charge in [-0.25, -0.2) is 4.98 Å². The van der Waals surface area contributed by atoms with E-state index in [0.29, 0.717) is 24.2 Å². The van der Waals surface area contributed by atoms with Gasteiger partial charge in [-0.15, -0.1) is 11.3 Å². The molecule has 1 aliphatic carbocycles. The number of nitrogens with zero attached hydrogens (tertiary/aromatic N) is 3. The fraction of sp³-hybridized carbons (Fsp3) is 0.478. The van der Waals surface area contributed by atoms with Crippen molar-refractivity contribution in [3.8, 4) is 6.07 Å². The first-order valence-corrected chi connectivity index (χ1v) is 11.5. The molecule has 0 radical (unpaired) electrons. The molecule has 1 N–H and O–H groups in total. The van der Waals surface area contributed by atoms with Crippen LogP contribution in [0.5, 0.6) is 0 Å². The Hall–Kier alpha value is -2.72. The first-order chi connectivity index (χ1) is 14.6. The van der Waals surface area contributed by atoms with Gasteiger partial charge in [0.05, 0.1) is 22.3 Å². The number of likely N-dealkylation sites (tertiary alicyclic amines) is 1. The molecule has 0 unspecified atom stereocenters. The Morgan fingerprint density at radius 1 is 1.20 bits per heavy atom. The fourth-order valence-electron chi connectivity index (χ4n) is 3.99. The van der Waals surface area contributed by atoms with E-state index in [4.69, 9.17) is 10.2 Å². The number of piperidine rings is 1. The molecule has 1 atom stereocenters. The van der Waals surface area contributed by atoms with Crippen molar-refractivity contribution in [1.29, 1.82) is 5.26 Å². The highest BCUT2D eigenvalue weighted by atomic mass is 32.1. The third-order valence-electron chi connectivity index (χ3n) is 6.04. The van der Waals surface area contributed by atoms with Crippen LogP contribution in [0.1, 0.15) is 64.6 Å². The van der Waals surface area contributed by atoms with Crippen LogP contribution in [0.3, 0.4) is 0 Å². The molecule has 2 heterocycles. The van der Waals surface area contributed by atoms with Crippen LogP contribution in [-0.4, -0.2) is 41.3 Å². The topological polar surface area (TPSA) is 86.1 Å². The summed E-state index contributed by atoms with van der Waals surface area (Å²) in [5.41, 5.74) is 2.19. The molecule has 0 spiro atoms. The zero-order valence-corrected chi connectivity index (χ0v) is 17.8. The average Bonchev–Trinajstić information content (AvgIpc) is 3.21. The predicted octanol–water partition coefficient (Wildman–Crippen LogP) is 3.49. The number of hydrogen-bond acceptors (Lipinski definition) is 5. The zero-order valence-electron chi connectivity index (χ0n) is 17.0. The summed E-state index contributed by atoms with van der Waals surface area (Å²) in [5.74, 6) is 0.669. The number of thiazole rings is 1. The second-order valence-electron chi connectivity index (χ2n) is 8.13. The quantitative estimate of drug-likeness (QED) is 0.772. The summed E-state index contributed by atoms with van der Waals surface area (Å²) in [6.45, 7) is 2.05. The van der Waals surface area contributed by atoms with Crippen molar-refractivity contribution in [2.45, 2.75) is 44.4 Å². The van der Waals surface area contributed by atoms with Crippen molar-refractivity contribution in [2.75, 3.05) is 19.6 Å². The number of nitrogens with one attached hydrogen (secondary N) is 1. The second-order valence-corrected chi connectivity index (χ2v) is 9.02. The maximum absolute atomic E-state index is 12.9. The van der Waals surface area contributed by atoms with Gasteiger partial charge < -0.3 is 10.2 Å². The van der Waals surface area contributed by atoms with Crippen LogP contribution in [0.2, 0.25) is 0 Å². The zero-order chi connectivity index (χ0) is 20.9. The minimum absolute atomic E-state index is 0.0136. The van der Waals surface area contributed by atoms with Gasteiger partial charge >= 0.3 is 0 Å². The minimum atomic E-state index is 0.0136. The van der Waals surface area contributed by atoms with Crippen molar-refractivity contribution in [3.63, 3.8) is 0 Å². The second kappa shape index (κ2) is 9.40. The van der Waals surface area contributed by atoms with Gasteiger partial charge in [-0.05, 0) is 49.9 Å². The van der Waals surface area contributed by atoms with E-state index in [0.717, 1.165) is 49.4 Å². The van der Waals surface area contributed by atoms with E-state index >= 15 is 0 Å². The number of carbonyl (C=O) groups excluding carboxylic acids is 2. The first-order valence-electron chi connectivity index (χ1n) is 10.7. The number of amides is 2. The molecule has 1 saturated heterocycles. The smallest absolute Gasteiger partial charge is 0.253 e. The van der Waals surface area contributed by atoms with Crippen molar-refractivity contribution in [2.24, 2.45) is 5.92 Å². The van der Waals surface area contributed by atoms with E-state index in [-0.39, 0.29) is 23.7 Å². The average molecular weight is 423 g/mol. The number of hydrogen-bond donors (Lipinski definition) is 1. The summed E-state index contributed by atoms with van der Waals surface area (Å²) >= 11 is 1.65. The molecule has 2 aliphatic rings. The minimum Gasteiger partial charge on any atom is -0.355 e. The summed E-state index contributed by atoms with van der Waals surface area (Å²) in [6.07, 6.45) is 5.94. The molecule has 6 nitrogen and oxygen atoms in total. The lowest BCUT2D eigenvalue weighted by molar-refractivity contribution is -0.127. The molecule has 7 heteroatoms. The lowest BCUT2D eigenvalue weighted by atomic mass is 9.85. The molecule has 2 aromatic rings. The summed E-state index contributed by atoms with van der Waals surface area (Å²) in [7, 11) is 0. The monoisotopic (exact) mass is 422 g/mol. The van der Waals surface area contributed by atoms with E-state index in [2.05, 4.69) is 16.8 Å². The number of aromatic nitrogens is 1. The molecule has 1 saturated carbocycles. The van der Waals surface area contributed by atoms with E-state index in [1.165, 1.54) is 6.42 Å². The summed E-state index contributed by atoms with van der Waals surface area (Å²) < 4.78 is 0. The van der Waals surface area contributed by atoms with Crippen LogP contribution in [0.25, 0.3) is 0 Å². The van der Waals surface area contributed by atoms with Crippen LogP contribution >= 0.6 is 11.3 Å². The molecule has 1 aromatic heterocycles. The number of rotatable bonds is 6. The molecular weight excluding hydrogens is 396 g/mol. The number of nitriles is 1. The molecule has 1 aliphatic heterocycles. The summed E-state index contributed by atoms with van der Waals surface area (Å²) in [6, 6.07) is 8.90. The Bertz CT molecular complexity index is 943. The molecule has 4 rings (SSSR count). The lowest BCUT2D eigenvalue weighted by Crippen LogP contribution is -2.39. The highest BCUT2D eigenvalue weighted by Gasteiger charge is 2.28. The van der Waals surface area contributed by atoms with Crippen molar-refractivity contribution in [1.82, 2.24) is 15.2 Å². The van der Waals surface area contributed by atoms with Crippen LogP contribution in [0, 0.1) is 17.2 Å². The van der Waals surface area contributed by atoms with Gasteiger partial charge in [-0.1, -0.05) is 6.42 Å². The SMILES string of the molecule is N#Cc1ccc(C(=O)N2CCC[C@H](c3nc(CCNC(=O)C4CCC4)cs3)C2)cc1. The molecule has 1 aromatic carbocycles. The van der Waals surface area contributed by atoms with Crippen molar-refractivity contribution in [3.05, 3.63) is 51.5 Å².